The van der Waals surface area contributed by atoms with Crippen molar-refractivity contribution in [2.45, 2.75) is 18.9 Å². The quantitative estimate of drug-likeness (QED) is 0.574. The number of imidazole rings is 1. The Bertz CT molecular complexity index is 1150. The standard InChI is InChI=1S/C20H17FN6O/c1-28-19-18-26-16(12-2-4-13(21)5-3-12)17(27(18)11-10-22-19)15-8-9-23-20(25-15)24-14-6-7-14/h2-5,8-11,14H,6-7H2,1H3,(H,23,24,25). The summed E-state index contributed by atoms with van der Waals surface area (Å²) in [5.74, 6) is 0.690. The Morgan fingerprint density at radius 3 is 2.64 bits per heavy atom. The molecule has 0 amide bonds. The number of methoxy groups -OCH3 is 1. The molecule has 0 unspecified atom stereocenters. The van der Waals surface area contributed by atoms with Gasteiger partial charge in [0.05, 0.1) is 24.2 Å². The number of nitrogens with one attached hydrogen (secondary N) is 1. The molecule has 1 aromatic carbocycles. The van der Waals surface area contributed by atoms with Crippen LogP contribution in [0.1, 0.15) is 12.8 Å². The third-order valence-electron chi connectivity index (χ3n) is 4.63. The summed E-state index contributed by atoms with van der Waals surface area (Å²) in [5.41, 5.74) is 3.48. The van der Waals surface area contributed by atoms with E-state index >= 15 is 0 Å². The van der Waals surface area contributed by atoms with Crippen LogP contribution in [0.25, 0.3) is 28.3 Å². The van der Waals surface area contributed by atoms with Crippen LogP contribution in [-0.2, 0) is 0 Å². The fraction of sp³-hybridized carbons (Fsp3) is 0.200. The van der Waals surface area contributed by atoms with Crippen LogP contribution >= 0.6 is 0 Å². The van der Waals surface area contributed by atoms with Gasteiger partial charge in [0.2, 0.25) is 11.6 Å². The van der Waals surface area contributed by atoms with E-state index in [-0.39, 0.29) is 5.82 Å². The van der Waals surface area contributed by atoms with E-state index in [1.54, 1.807) is 31.6 Å². The fourth-order valence-corrected chi connectivity index (χ4v) is 3.12. The molecule has 0 atom stereocenters. The van der Waals surface area contributed by atoms with E-state index in [1.165, 1.54) is 12.1 Å². The second-order valence-electron chi connectivity index (χ2n) is 6.63. The Labute approximate surface area is 160 Å². The van der Waals surface area contributed by atoms with Crippen LogP contribution < -0.4 is 10.1 Å². The first kappa shape index (κ1) is 16.6. The number of anilines is 1. The summed E-state index contributed by atoms with van der Waals surface area (Å²) in [6.07, 6.45) is 7.44. The number of nitrogens with zero attached hydrogens (tertiary/aromatic N) is 5. The van der Waals surface area contributed by atoms with Crippen molar-refractivity contribution in [2.24, 2.45) is 0 Å². The highest BCUT2D eigenvalue weighted by Gasteiger charge is 2.23. The lowest BCUT2D eigenvalue weighted by Gasteiger charge is -2.08. The van der Waals surface area contributed by atoms with Crippen molar-refractivity contribution in [2.75, 3.05) is 12.4 Å². The van der Waals surface area contributed by atoms with Crippen molar-refractivity contribution in [1.82, 2.24) is 24.3 Å². The highest BCUT2D eigenvalue weighted by molar-refractivity contribution is 5.81. The molecule has 1 N–H and O–H groups in total. The predicted molar refractivity (Wildman–Crippen MR) is 103 cm³/mol. The zero-order chi connectivity index (χ0) is 19.1. The molecule has 3 aromatic heterocycles. The van der Waals surface area contributed by atoms with E-state index in [0.29, 0.717) is 34.9 Å². The minimum Gasteiger partial charge on any atom is -0.478 e. The van der Waals surface area contributed by atoms with E-state index in [0.717, 1.165) is 24.1 Å². The Kier molecular flexibility index (Phi) is 3.89. The molecule has 1 aliphatic carbocycles. The van der Waals surface area contributed by atoms with Crippen molar-refractivity contribution in [3.8, 4) is 28.5 Å². The van der Waals surface area contributed by atoms with Gasteiger partial charge in [0.1, 0.15) is 5.82 Å². The van der Waals surface area contributed by atoms with Gasteiger partial charge >= 0.3 is 0 Å². The van der Waals surface area contributed by atoms with Crippen molar-refractivity contribution >= 4 is 11.6 Å². The molecular weight excluding hydrogens is 359 g/mol. The molecule has 0 spiro atoms. The lowest BCUT2D eigenvalue weighted by molar-refractivity contribution is 0.400. The van der Waals surface area contributed by atoms with Crippen LogP contribution in [0.3, 0.4) is 0 Å². The summed E-state index contributed by atoms with van der Waals surface area (Å²) < 4.78 is 20.7. The number of aromatic nitrogens is 5. The highest BCUT2D eigenvalue weighted by Crippen LogP contribution is 2.34. The monoisotopic (exact) mass is 376 g/mol. The maximum atomic E-state index is 13.4. The molecule has 0 aliphatic heterocycles. The molecule has 0 radical (unpaired) electrons. The number of halogens is 1. The SMILES string of the molecule is COc1nccn2c(-c3ccnc(NC4CC4)n3)c(-c3ccc(F)cc3)nc12. The van der Waals surface area contributed by atoms with Gasteiger partial charge in [-0.2, -0.15) is 0 Å². The normalized spacial score (nSPS) is 13.6. The van der Waals surface area contributed by atoms with Gasteiger partial charge in [-0.05, 0) is 43.2 Å². The molecule has 1 saturated carbocycles. The van der Waals surface area contributed by atoms with Crippen LogP contribution in [0.4, 0.5) is 10.3 Å². The molecular formula is C20H17FN6O. The van der Waals surface area contributed by atoms with Gasteiger partial charge in [-0.15, -0.1) is 0 Å². The van der Waals surface area contributed by atoms with Crippen LogP contribution in [0, 0.1) is 5.82 Å². The van der Waals surface area contributed by atoms with E-state index in [1.807, 2.05) is 16.7 Å². The lowest BCUT2D eigenvalue weighted by Crippen LogP contribution is -2.06. The van der Waals surface area contributed by atoms with Gasteiger partial charge in [0, 0.05) is 30.2 Å². The second-order valence-corrected chi connectivity index (χ2v) is 6.63. The summed E-state index contributed by atoms with van der Waals surface area (Å²) in [7, 11) is 1.55. The Morgan fingerprint density at radius 2 is 1.89 bits per heavy atom. The van der Waals surface area contributed by atoms with E-state index < -0.39 is 0 Å². The summed E-state index contributed by atoms with van der Waals surface area (Å²) in [6.45, 7) is 0. The average molecular weight is 376 g/mol. The molecule has 28 heavy (non-hydrogen) atoms. The third-order valence-corrected chi connectivity index (χ3v) is 4.63. The van der Waals surface area contributed by atoms with Crippen LogP contribution in [0.15, 0.2) is 48.9 Å². The van der Waals surface area contributed by atoms with Gasteiger partial charge in [0.25, 0.3) is 5.88 Å². The van der Waals surface area contributed by atoms with Crippen molar-refractivity contribution in [1.29, 1.82) is 0 Å². The van der Waals surface area contributed by atoms with E-state index in [9.17, 15) is 4.39 Å². The molecule has 5 rings (SSSR count). The molecule has 1 fully saturated rings. The molecule has 4 aromatic rings. The van der Waals surface area contributed by atoms with Crippen molar-refractivity contribution < 1.29 is 9.13 Å². The summed E-state index contributed by atoms with van der Waals surface area (Å²) in [5, 5.41) is 3.32. The molecule has 3 heterocycles. The highest BCUT2D eigenvalue weighted by atomic mass is 19.1. The molecule has 0 bridgehead atoms. The molecule has 8 heteroatoms. The van der Waals surface area contributed by atoms with Crippen LogP contribution in [-0.4, -0.2) is 37.5 Å². The number of hydrogen-bond acceptors (Lipinski definition) is 6. The number of hydrogen-bond donors (Lipinski definition) is 1. The molecule has 7 nitrogen and oxygen atoms in total. The predicted octanol–water partition coefficient (Wildman–Crippen LogP) is 3.58. The minimum absolute atomic E-state index is 0.300. The number of ether oxygens (including phenoxy) is 1. The topological polar surface area (TPSA) is 77.2 Å². The first-order valence-electron chi connectivity index (χ1n) is 9.00. The van der Waals surface area contributed by atoms with Crippen LogP contribution in [0.5, 0.6) is 5.88 Å². The largest absolute Gasteiger partial charge is 0.478 e. The molecule has 1 aliphatic rings. The van der Waals surface area contributed by atoms with Crippen molar-refractivity contribution in [3.05, 3.63) is 54.7 Å². The van der Waals surface area contributed by atoms with E-state index in [4.69, 9.17) is 9.72 Å². The van der Waals surface area contributed by atoms with E-state index in [2.05, 4.69) is 20.3 Å². The first-order valence-corrected chi connectivity index (χ1v) is 9.00. The summed E-state index contributed by atoms with van der Waals surface area (Å²) in [4.78, 5) is 18.0. The summed E-state index contributed by atoms with van der Waals surface area (Å²) in [6, 6.07) is 8.51. The third kappa shape index (κ3) is 2.92. The van der Waals surface area contributed by atoms with Gasteiger partial charge in [-0.3, -0.25) is 4.40 Å². The molecule has 0 saturated heterocycles. The Morgan fingerprint density at radius 1 is 1.07 bits per heavy atom. The fourth-order valence-electron chi connectivity index (χ4n) is 3.12. The average Bonchev–Trinajstić information content (AvgIpc) is 3.44. The minimum atomic E-state index is -0.300. The van der Waals surface area contributed by atoms with Crippen LogP contribution in [0.2, 0.25) is 0 Å². The Balaban J connectivity index is 1.73. The Hall–Kier alpha value is -3.55. The number of fused-ring (bicyclic) bond motifs is 1. The first-order chi connectivity index (χ1) is 13.7. The van der Waals surface area contributed by atoms with Gasteiger partial charge < -0.3 is 10.1 Å². The zero-order valence-corrected chi connectivity index (χ0v) is 15.1. The van der Waals surface area contributed by atoms with Gasteiger partial charge in [-0.25, -0.2) is 24.3 Å². The smallest absolute Gasteiger partial charge is 0.258 e. The van der Waals surface area contributed by atoms with Gasteiger partial charge in [0.15, 0.2) is 0 Å². The zero-order valence-electron chi connectivity index (χ0n) is 15.1. The number of benzene rings is 1. The lowest BCUT2D eigenvalue weighted by atomic mass is 10.1. The van der Waals surface area contributed by atoms with Gasteiger partial charge in [-0.1, -0.05) is 0 Å². The molecule has 140 valence electrons. The maximum absolute atomic E-state index is 13.4. The second kappa shape index (κ2) is 6.56. The summed E-state index contributed by atoms with van der Waals surface area (Å²) >= 11 is 0. The maximum Gasteiger partial charge on any atom is 0.258 e. The van der Waals surface area contributed by atoms with Crippen molar-refractivity contribution in [3.63, 3.8) is 0 Å². The number of rotatable bonds is 5.